The molecular formula is C14H19F. The number of hydrogen-bond donors (Lipinski definition) is 0. The zero-order valence-corrected chi connectivity index (χ0v) is 9.59. The van der Waals surface area contributed by atoms with Crippen LogP contribution in [0.25, 0.3) is 0 Å². The van der Waals surface area contributed by atoms with Crippen molar-refractivity contribution in [2.75, 3.05) is 0 Å². The molecule has 0 aromatic heterocycles. The molecule has 2 rings (SSSR count). The van der Waals surface area contributed by atoms with Gasteiger partial charge >= 0.3 is 0 Å². The lowest BCUT2D eigenvalue weighted by molar-refractivity contribution is 0.325. The average Bonchev–Trinajstić information content (AvgIpc) is 2.71. The monoisotopic (exact) mass is 206 g/mol. The fourth-order valence-electron chi connectivity index (χ4n) is 2.76. The lowest BCUT2D eigenvalue weighted by Crippen LogP contribution is -2.26. The van der Waals surface area contributed by atoms with Crippen LogP contribution in [0.2, 0.25) is 0 Å². The molecular weight excluding hydrogens is 187 g/mol. The molecule has 82 valence electrons. The van der Waals surface area contributed by atoms with Crippen LogP contribution in [0.15, 0.2) is 24.3 Å². The summed E-state index contributed by atoms with van der Waals surface area (Å²) in [5, 5.41) is 0. The third-order valence-electron chi connectivity index (χ3n) is 3.96. The summed E-state index contributed by atoms with van der Waals surface area (Å²) in [4.78, 5) is 0. The van der Waals surface area contributed by atoms with E-state index in [0.29, 0.717) is 0 Å². The minimum Gasteiger partial charge on any atom is -0.207 e. The molecule has 1 aliphatic rings. The van der Waals surface area contributed by atoms with E-state index < -0.39 is 0 Å². The molecule has 1 heteroatoms. The molecule has 0 aliphatic heterocycles. The first-order valence-corrected chi connectivity index (χ1v) is 5.87. The second-order valence-corrected chi connectivity index (χ2v) is 5.21. The van der Waals surface area contributed by atoms with Crippen molar-refractivity contribution in [1.82, 2.24) is 0 Å². The summed E-state index contributed by atoms with van der Waals surface area (Å²) in [6, 6.07) is 7.03. The van der Waals surface area contributed by atoms with Crippen molar-refractivity contribution in [3.05, 3.63) is 35.6 Å². The Morgan fingerprint density at radius 1 is 1.07 bits per heavy atom. The molecule has 1 saturated carbocycles. The van der Waals surface area contributed by atoms with Crippen molar-refractivity contribution in [1.29, 1.82) is 0 Å². The van der Waals surface area contributed by atoms with Crippen LogP contribution >= 0.6 is 0 Å². The highest BCUT2D eigenvalue weighted by atomic mass is 19.1. The molecule has 0 saturated heterocycles. The molecule has 1 aromatic rings. The number of hydrogen-bond acceptors (Lipinski definition) is 0. The van der Waals surface area contributed by atoms with Gasteiger partial charge in [0.25, 0.3) is 0 Å². The Morgan fingerprint density at radius 2 is 1.60 bits per heavy atom. The second kappa shape index (κ2) is 3.96. The van der Waals surface area contributed by atoms with E-state index in [0.717, 1.165) is 5.92 Å². The van der Waals surface area contributed by atoms with Crippen molar-refractivity contribution in [3.63, 3.8) is 0 Å². The first-order chi connectivity index (χ1) is 7.10. The molecule has 0 N–H and O–H groups in total. The minimum absolute atomic E-state index is 0.138. The Labute approximate surface area is 91.5 Å². The molecule has 0 radical (unpaired) electrons. The quantitative estimate of drug-likeness (QED) is 0.677. The van der Waals surface area contributed by atoms with Gasteiger partial charge < -0.3 is 0 Å². The van der Waals surface area contributed by atoms with Gasteiger partial charge in [0, 0.05) is 0 Å². The van der Waals surface area contributed by atoms with Gasteiger partial charge in [-0.3, -0.25) is 0 Å². The lowest BCUT2D eigenvalue weighted by Gasteiger charge is -2.32. The first-order valence-electron chi connectivity index (χ1n) is 5.87. The molecule has 1 aromatic carbocycles. The maximum atomic E-state index is 12.9. The average molecular weight is 206 g/mol. The fourth-order valence-corrected chi connectivity index (χ4v) is 2.76. The van der Waals surface area contributed by atoms with Crippen molar-refractivity contribution in [2.24, 2.45) is 5.92 Å². The van der Waals surface area contributed by atoms with Gasteiger partial charge in [-0.05, 0) is 41.9 Å². The van der Waals surface area contributed by atoms with E-state index in [1.54, 1.807) is 12.1 Å². The second-order valence-electron chi connectivity index (χ2n) is 5.21. The van der Waals surface area contributed by atoms with Gasteiger partial charge in [-0.25, -0.2) is 4.39 Å². The molecule has 1 fully saturated rings. The summed E-state index contributed by atoms with van der Waals surface area (Å²) in [7, 11) is 0. The number of halogens is 1. The van der Waals surface area contributed by atoms with Gasteiger partial charge in [0.05, 0.1) is 0 Å². The molecule has 0 atom stereocenters. The maximum absolute atomic E-state index is 12.9. The largest absolute Gasteiger partial charge is 0.207 e. The predicted molar refractivity (Wildman–Crippen MR) is 61.4 cm³/mol. The molecule has 1 aliphatic carbocycles. The smallest absolute Gasteiger partial charge is 0.123 e. The molecule has 0 spiro atoms. The van der Waals surface area contributed by atoms with Gasteiger partial charge in [0.2, 0.25) is 0 Å². The highest BCUT2D eigenvalue weighted by molar-refractivity contribution is 5.25. The van der Waals surface area contributed by atoms with Crippen LogP contribution < -0.4 is 0 Å². The Balaban J connectivity index is 2.23. The van der Waals surface area contributed by atoms with Crippen LogP contribution in [0, 0.1) is 11.7 Å². The SMILES string of the molecule is CC(C)(c1ccc(F)cc1)C1CCCC1. The van der Waals surface area contributed by atoms with Crippen molar-refractivity contribution >= 4 is 0 Å². The molecule has 0 unspecified atom stereocenters. The Hall–Kier alpha value is -0.850. The minimum atomic E-state index is -0.138. The van der Waals surface area contributed by atoms with Crippen LogP contribution in [0.1, 0.15) is 45.1 Å². The van der Waals surface area contributed by atoms with E-state index >= 15 is 0 Å². The van der Waals surface area contributed by atoms with Gasteiger partial charge in [0.1, 0.15) is 5.82 Å². The number of benzene rings is 1. The number of rotatable bonds is 2. The van der Waals surface area contributed by atoms with Crippen molar-refractivity contribution in [3.8, 4) is 0 Å². The van der Waals surface area contributed by atoms with Crippen LogP contribution in [-0.4, -0.2) is 0 Å². The topological polar surface area (TPSA) is 0 Å². The van der Waals surface area contributed by atoms with E-state index in [4.69, 9.17) is 0 Å². The Morgan fingerprint density at radius 3 is 2.13 bits per heavy atom. The van der Waals surface area contributed by atoms with Crippen LogP contribution in [-0.2, 0) is 5.41 Å². The predicted octanol–water partition coefficient (Wildman–Crippen LogP) is 4.29. The highest BCUT2D eigenvalue weighted by Gasteiger charge is 2.32. The van der Waals surface area contributed by atoms with Crippen LogP contribution in [0.4, 0.5) is 4.39 Å². The third-order valence-corrected chi connectivity index (χ3v) is 3.96. The van der Waals surface area contributed by atoms with E-state index in [2.05, 4.69) is 13.8 Å². The van der Waals surface area contributed by atoms with Gasteiger partial charge in [-0.1, -0.05) is 38.8 Å². The third kappa shape index (κ3) is 2.06. The van der Waals surface area contributed by atoms with Gasteiger partial charge in [-0.2, -0.15) is 0 Å². The lowest BCUT2D eigenvalue weighted by atomic mass is 9.72. The summed E-state index contributed by atoms with van der Waals surface area (Å²) >= 11 is 0. The summed E-state index contributed by atoms with van der Waals surface area (Å²) < 4.78 is 12.9. The summed E-state index contributed by atoms with van der Waals surface area (Å²) in [6.07, 6.45) is 5.36. The zero-order valence-electron chi connectivity index (χ0n) is 9.59. The summed E-state index contributed by atoms with van der Waals surface area (Å²) in [6.45, 7) is 4.58. The van der Waals surface area contributed by atoms with E-state index in [-0.39, 0.29) is 11.2 Å². The summed E-state index contributed by atoms with van der Waals surface area (Å²) in [5.74, 6) is 0.629. The van der Waals surface area contributed by atoms with Crippen LogP contribution in [0.5, 0.6) is 0 Å². The normalized spacial score (nSPS) is 18.3. The molecule has 15 heavy (non-hydrogen) atoms. The van der Waals surface area contributed by atoms with E-state index in [1.165, 1.54) is 31.2 Å². The van der Waals surface area contributed by atoms with Crippen LogP contribution in [0.3, 0.4) is 0 Å². The Kier molecular flexibility index (Phi) is 2.81. The van der Waals surface area contributed by atoms with Crippen molar-refractivity contribution < 1.29 is 4.39 Å². The Bertz CT molecular complexity index is 318. The standard InChI is InChI=1S/C14H19F/c1-14(2,11-5-3-4-6-11)12-7-9-13(15)10-8-12/h7-11H,3-6H2,1-2H3. The fraction of sp³-hybridized carbons (Fsp3) is 0.571. The van der Waals surface area contributed by atoms with E-state index in [1.807, 2.05) is 12.1 Å². The first kappa shape index (κ1) is 10.7. The van der Waals surface area contributed by atoms with Gasteiger partial charge in [-0.15, -0.1) is 0 Å². The zero-order chi connectivity index (χ0) is 10.9. The molecule has 0 bridgehead atoms. The van der Waals surface area contributed by atoms with Crippen molar-refractivity contribution in [2.45, 2.75) is 44.9 Å². The molecule has 0 nitrogen and oxygen atoms in total. The van der Waals surface area contributed by atoms with Gasteiger partial charge in [0.15, 0.2) is 0 Å². The van der Waals surface area contributed by atoms with E-state index in [9.17, 15) is 4.39 Å². The molecule has 0 heterocycles. The molecule has 0 amide bonds. The maximum Gasteiger partial charge on any atom is 0.123 e. The highest BCUT2D eigenvalue weighted by Crippen LogP contribution is 2.41. The summed E-state index contributed by atoms with van der Waals surface area (Å²) in [5.41, 5.74) is 1.47.